The number of benzene rings is 1. The summed E-state index contributed by atoms with van der Waals surface area (Å²) in [6, 6.07) is 4.13. The van der Waals surface area contributed by atoms with Crippen LogP contribution in [0.5, 0.6) is 0 Å². The number of rotatable bonds is 3. The molecule has 1 saturated heterocycles. The average Bonchev–Trinajstić information content (AvgIpc) is 2.62. The van der Waals surface area contributed by atoms with Crippen LogP contribution in [0, 0.1) is 18.7 Å². The number of hydrogen-bond donors (Lipinski definition) is 1. The minimum absolute atomic E-state index is 0.0861. The summed E-state index contributed by atoms with van der Waals surface area (Å²) in [6.07, 6.45) is 0.730. The number of hydrogen-bond acceptors (Lipinski definition) is 3. The molecule has 0 radical (unpaired) electrons. The highest BCUT2D eigenvalue weighted by atomic mass is 32.2. The quantitative estimate of drug-likeness (QED) is 0.922. The van der Waals surface area contributed by atoms with E-state index in [1.54, 1.807) is 6.92 Å². The Labute approximate surface area is 111 Å². The first-order chi connectivity index (χ1) is 8.85. The number of aryl methyl sites for hydroxylation is 1. The van der Waals surface area contributed by atoms with E-state index in [0.717, 1.165) is 0 Å². The molecular formula is C13H16FNO3S. The maximum Gasteiger partial charge on any atom is 0.224 e. The molecule has 1 heterocycles. The molecule has 2 rings (SSSR count). The summed E-state index contributed by atoms with van der Waals surface area (Å²) in [5, 5.41) is 2.69. The summed E-state index contributed by atoms with van der Waals surface area (Å²) in [6.45, 7) is 1.71. The molecule has 0 spiro atoms. The maximum absolute atomic E-state index is 12.9. The highest BCUT2D eigenvalue weighted by Gasteiger charge is 2.29. The Bertz CT molecular complexity index is 598. The number of nitrogens with one attached hydrogen (secondary N) is 1. The van der Waals surface area contributed by atoms with Crippen LogP contribution in [0.25, 0.3) is 0 Å². The summed E-state index contributed by atoms with van der Waals surface area (Å²) < 4.78 is 35.5. The number of halogens is 1. The van der Waals surface area contributed by atoms with Crippen molar-refractivity contribution in [2.45, 2.75) is 19.8 Å². The van der Waals surface area contributed by atoms with E-state index in [0.29, 0.717) is 17.7 Å². The van der Waals surface area contributed by atoms with Gasteiger partial charge in [-0.2, -0.15) is 0 Å². The van der Waals surface area contributed by atoms with E-state index in [2.05, 4.69) is 5.32 Å². The molecule has 1 aliphatic rings. The second-order valence-electron chi connectivity index (χ2n) is 4.98. The van der Waals surface area contributed by atoms with Crippen molar-refractivity contribution >= 4 is 21.4 Å². The standard InChI is InChI=1S/C13H16FNO3S/c1-9-6-11(14)2-3-12(9)15-13(16)7-10-4-5-19(17,18)8-10/h2-3,6,10H,4-5,7-8H2,1H3,(H,15,16)/t10-/m1/s1. The van der Waals surface area contributed by atoms with Crippen LogP contribution in [0.1, 0.15) is 18.4 Å². The number of amides is 1. The minimum Gasteiger partial charge on any atom is -0.326 e. The fourth-order valence-electron chi connectivity index (χ4n) is 2.26. The molecule has 1 aliphatic heterocycles. The number of sulfone groups is 1. The molecule has 6 heteroatoms. The van der Waals surface area contributed by atoms with E-state index < -0.39 is 9.84 Å². The second kappa shape index (κ2) is 5.28. The van der Waals surface area contributed by atoms with Gasteiger partial charge in [0.05, 0.1) is 11.5 Å². The topological polar surface area (TPSA) is 63.2 Å². The highest BCUT2D eigenvalue weighted by Crippen LogP contribution is 2.23. The van der Waals surface area contributed by atoms with Gasteiger partial charge in [-0.1, -0.05) is 0 Å². The van der Waals surface area contributed by atoms with Crippen molar-refractivity contribution < 1.29 is 17.6 Å². The van der Waals surface area contributed by atoms with Crippen LogP contribution in [-0.2, 0) is 14.6 Å². The van der Waals surface area contributed by atoms with E-state index >= 15 is 0 Å². The Balaban J connectivity index is 1.95. The summed E-state index contributed by atoms with van der Waals surface area (Å²) in [4.78, 5) is 11.8. The molecule has 1 aromatic carbocycles. The fourth-order valence-corrected chi connectivity index (χ4v) is 4.13. The number of carbonyl (C=O) groups excluding carboxylic acids is 1. The van der Waals surface area contributed by atoms with Crippen molar-refractivity contribution in [1.29, 1.82) is 0 Å². The van der Waals surface area contributed by atoms with Gasteiger partial charge in [-0.25, -0.2) is 12.8 Å². The first-order valence-corrected chi connectivity index (χ1v) is 7.94. The Hall–Kier alpha value is -1.43. The van der Waals surface area contributed by atoms with E-state index in [9.17, 15) is 17.6 Å². The monoisotopic (exact) mass is 285 g/mol. The van der Waals surface area contributed by atoms with Gasteiger partial charge in [0.2, 0.25) is 5.91 Å². The molecule has 0 aliphatic carbocycles. The van der Waals surface area contributed by atoms with Gasteiger partial charge in [-0.15, -0.1) is 0 Å². The van der Waals surface area contributed by atoms with Gasteiger partial charge in [0.25, 0.3) is 0 Å². The first kappa shape index (κ1) is 14.0. The van der Waals surface area contributed by atoms with Crippen LogP contribution in [-0.4, -0.2) is 25.8 Å². The van der Waals surface area contributed by atoms with Crippen molar-refractivity contribution in [3.63, 3.8) is 0 Å². The Kier molecular flexibility index (Phi) is 3.89. The van der Waals surface area contributed by atoms with Crippen molar-refractivity contribution in [1.82, 2.24) is 0 Å². The molecule has 1 aromatic rings. The zero-order valence-electron chi connectivity index (χ0n) is 10.6. The molecule has 104 valence electrons. The average molecular weight is 285 g/mol. The summed E-state index contributed by atoms with van der Waals surface area (Å²) >= 11 is 0. The summed E-state index contributed by atoms with van der Waals surface area (Å²) in [5.41, 5.74) is 1.21. The molecule has 1 atom stereocenters. The van der Waals surface area contributed by atoms with Gasteiger partial charge >= 0.3 is 0 Å². The molecule has 0 unspecified atom stereocenters. The lowest BCUT2D eigenvalue weighted by atomic mass is 10.0. The summed E-state index contributed by atoms with van der Waals surface area (Å²) in [7, 11) is -2.96. The van der Waals surface area contributed by atoms with E-state index in [1.807, 2.05) is 0 Å². The van der Waals surface area contributed by atoms with Gasteiger partial charge < -0.3 is 5.32 Å². The van der Waals surface area contributed by atoms with Gasteiger partial charge in [0.1, 0.15) is 5.82 Å². The van der Waals surface area contributed by atoms with Gasteiger partial charge in [0.15, 0.2) is 9.84 Å². The number of anilines is 1. The lowest BCUT2D eigenvalue weighted by molar-refractivity contribution is -0.116. The summed E-state index contributed by atoms with van der Waals surface area (Å²) in [5.74, 6) is -0.427. The smallest absolute Gasteiger partial charge is 0.224 e. The maximum atomic E-state index is 12.9. The lowest BCUT2D eigenvalue weighted by Gasteiger charge is -2.10. The largest absolute Gasteiger partial charge is 0.326 e. The van der Waals surface area contributed by atoms with Crippen LogP contribution in [0.2, 0.25) is 0 Å². The van der Waals surface area contributed by atoms with Gasteiger partial charge in [-0.05, 0) is 43.0 Å². The first-order valence-electron chi connectivity index (χ1n) is 6.12. The molecule has 0 bridgehead atoms. The van der Waals surface area contributed by atoms with Crippen molar-refractivity contribution in [3.05, 3.63) is 29.6 Å². The predicted molar refractivity (Wildman–Crippen MR) is 71.1 cm³/mol. The Morgan fingerprint density at radius 1 is 1.47 bits per heavy atom. The molecule has 1 amide bonds. The highest BCUT2D eigenvalue weighted by molar-refractivity contribution is 7.91. The van der Waals surface area contributed by atoms with Gasteiger partial charge in [0, 0.05) is 12.1 Å². The predicted octanol–water partition coefficient (Wildman–Crippen LogP) is 1.90. The molecule has 1 N–H and O–H groups in total. The van der Waals surface area contributed by atoms with E-state index in [-0.39, 0.29) is 35.6 Å². The molecule has 0 aromatic heterocycles. The van der Waals surface area contributed by atoms with Crippen LogP contribution >= 0.6 is 0 Å². The van der Waals surface area contributed by atoms with Crippen molar-refractivity contribution in [2.24, 2.45) is 5.92 Å². The molecule has 19 heavy (non-hydrogen) atoms. The van der Waals surface area contributed by atoms with Crippen LogP contribution in [0.4, 0.5) is 10.1 Å². The fraction of sp³-hybridized carbons (Fsp3) is 0.462. The molecule has 1 fully saturated rings. The third-order valence-electron chi connectivity index (χ3n) is 3.26. The minimum atomic E-state index is -2.96. The molecular weight excluding hydrogens is 269 g/mol. The molecule has 4 nitrogen and oxygen atoms in total. The second-order valence-corrected chi connectivity index (χ2v) is 7.21. The SMILES string of the molecule is Cc1cc(F)ccc1NC(=O)C[C@H]1CCS(=O)(=O)C1. The van der Waals surface area contributed by atoms with E-state index in [1.165, 1.54) is 18.2 Å². The third-order valence-corrected chi connectivity index (χ3v) is 5.10. The van der Waals surface area contributed by atoms with Crippen LogP contribution < -0.4 is 5.32 Å². The molecule has 0 saturated carbocycles. The lowest BCUT2D eigenvalue weighted by Crippen LogP contribution is -2.18. The third kappa shape index (κ3) is 3.76. The Morgan fingerprint density at radius 3 is 2.79 bits per heavy atom. The normalized spacial score (nSPS) is 21.3. The number of carbonyl (C=O) groups is 1. The van der Waals surface area contributed by atoms with E-state index in [4.69, 9.17) is 0 Å². The van der Waals surface area contributed by atoms with Crippen molar-refractivity contribution in [3.8, 4) is 0 Å². The zero-order chi connectivity index (χ0) is 14.0. The van der Waals surface area contributed by atoms with Crippen LogP contribution in [0.3, 0.4) is 0 Å². The zero-order valence-corrected chi connectivity index (χ0v) is 11.5. The van der Waals surface area contributed by atoms with Crippen LogP contribution in [0.15, 0.2) is 18.2 Å². The van der Waals surface area contributed by atoms with Gasteiger partial charge in [-0.3, -0.25) is 4.79 Å². The Morgan fingerprint density at radius 2 is 2.21 bits per heavy atom. The van der Waals surface area contributed by atoms with Crippen molar-refractivity contribution in [2.75, 3.05) is 16.8 Å².